The Morgan fingerprint density at radius 1 is 1.47 bits per heavy atom. The second kappa shape index (κ2) is 5.93. The van der Waals surface area contributed by atoms with E-state index in [0.29, 0.717) is 0 Å². The Hall–Kier alpha value is -1.68. The fourth-order valence-electron chi connectivity index (χ4n) is 1.32. The summed E-state index contributed by atoms with van der Waals surface area (Å²) in [6.45, 7) is 5.75. The van der Waals surface area contributed by atoms with Gasteiger partial charge in [0.25, 0.3) is 0 Å². The predicted octanol–water partition coefficient (Wildman–Crippen LogP) is 3.19. The molecule has 0 saturated heterocycles. The molecule has 15 heavy (non-hydrogen) atoms. The maximum Gasteiger partial charge on any atom is 0.134 e. The molecule has 1 aromatic rings. The Morgan fingerprint density at radius 3 is 2.87 bits per heavy atom. The molecular formula is C14H16O. The van der Waals surface area contributed by atoms with E-state index in [-0.39, 0.29) is 0 Å². The molecule has 0 aromatic heterocycles. The second-order valence-electron chi connectivity index (χ2n) is 3.18. The molecule has 1 nitrogen and oxygen atoms in total. The quantitative estimate of drug-likeness (QED) is 0.538. The van der Waals surface area contributed by atoms with Crippen LogP contribution in [-0.4, -0.2) is 7.11 Å². The van der Waals surface area contributed by atoms with Crippen molar-refractivity contribution in [3.63, 3.8) is 0 Å². The summed E-state index contributed by atoms with van der Waals surface area (Å²) in [4.78, 5) is 0. The first-order valence-corrected chi connectivity index (χ1v) is 5.08. The van der Waals surface area contributed by atoms with Crippen LogP contribution in [0, 0.1) is 11.8 Å². The molecule has 1 aromatic carbocycles. The molecule has 0 radical (unpaired) electrons. The standard InChI is InChI=1S/C14H16O/c1-4-6-8-13-10-9-12(7-5-2)11-14(13)15-3/h5,9-11H,2,4,7H2,1,3H3. The topological polar surface area (TPSA) is 9.23 Å². The Morgan fingerprint density at radius 2 is 2.27 bits per heavy atom. The minimum Gasteiger partial charge on any atom is -0.495 e. The third-order valence-corrected chi connectivity index (χ3v) is 2.05. The van der Waals surface area contributed by atoms with Gasteiger partial charge in [0.05, 0.1) is 12.7 Å². The van der Waals surface area contributed by atoms with Crippen LogP contribution < -0.4 is 4.74 Å². The number of benzene rings is 1. The third kappa shape index (κ3) is 3.18. The van der Waals surface area contributed by atoms with Gasteiger partial charge in [0.15, 0.2) is 0 Å². The molecule has 0 aliphatic heterocycles. The SMILES string of the molecule is C=CCc1ccc(C#CCC)c(OC)c1. The van der Waals surface area contributed by atoms with Gasteiger partial charge in [-0.25, -0.2) is 0 Å². The molecule has 0 heterocycles. The lowest BCUT2D eigenvalue weighted by Crippen LogP contribution is -1.90. The molecule has 0 saturated carbocycles. The summed E-state index contributed by atoms with van der Waals surface area (Å²) in [6.07, 6.45) is 3.60. The molecule has 0 fully saturated rings. The third-order valence-electron chi connectivity index (χ3n) is 2.05. The van der Waals surface area contributed by atoms with Gasteiger partial charge in [0.2, 0.25) is 0 Å². The smallest absolute Gasteiger partial charge is 0.134 e. The molecule has 0 unspecified atom stereocenters. The maximum atomic E-state index is 5.29. The van der Waals surface area contributed by atoms with E-state index < -0.39 is 0 Å². The van der Waals surface area contributed by atoms with Gasteiger partial charge in [0.1, 0.15) is 5.75 Å². The normalized spacial score (nSPS) is 8.93. The first-order chi connectivity index (χ1) is 7.31. The minimum absolute atomic E-state index is 0.843. The van der Waals surface area contributed by atoms with E-state index in [4.69, 9.17) is 4.74 Å². The van der Waals surface area contributed by atoms with Gasteiger partial charge in [-0.2, -0.15) is 0 Å². The Bertz CT molecular complexity index is 394. The first kappa shape index (κ1) is 11.4. The van der Waals surface area contributed by atoms with Gasteiger partial charge in [-0.05, 0) is 24.1 Å². The van der Waals surface area contributed by atoms with Crippen molar-refractivity contribution in [3.8, 4) is 17.6 Å². The van der Waals surface area contributed by atoms with Crippen LogP contribution in [0.15, 0.2) is 30.9 Å². The largest absolute Gasteiger partial charge is 0.495 e. The highest BCUT2D eigenvalue weighted by Crippen LogP contribution is 2.19. The first-order valence-electron chi connectivity index (χ1n) is 5.08. The molecule has 0 spiro atoms. The molecule has 0 aliphatic rings. The number of ether oxygens (including phenoxy) is 1. The number of methoxy groups -OCH3 is 1. The van der Waals surface area contributed by atoms with Gasteiger partial charge in [0, 0.05) is 6.42 Å². The van der Waals surface area contributed by atoms with E-state index in [1.165, 1.54) is 5.56 Å². The molecule has 0 N–H and O–H groups in total. The van der Waals surface area contributed by atoms with Crippen LogP contribution in [0.25, 0.3) is 0 Å². The van der Waals surface area contributed by atoms with Crippen LogP contribution in [-0.2, 0) is 6.42 Å². The molecule has 1 rings (SSSR count). The summed E-state index contributed by atoms with van der Waals surface area (Å²) < 4.78 is 5.29. The van der Waals surface area contributed by atoms with Gasteiger partial charge in [-0.15, -0.1) is 6.58 Å². The molecule has 0 amide bonds. The van der Waals surface area contributed by atoms with Gasteiger partial charge < -0.3 is 4.74 Å². The van der Waals surface area contributed by atoms with Crippen molar-refractivity contribution in [2.24, 2.45) is 0 Å². The number of hydrogen-bond acceptors (Lipinski definition) is 1. The van der Waals surface area contributed by atoms with Crippen LogP contribution in [0.3, 0.4) is 0 Å². The molecule has 0 aliphatic carbocycles. The second-order valence-corrected chi connectivity index (χ2v) is 3.18. The maximum absolute atomic E-state index is 5.29. The zero-order valence-electron chi connectivity index (χ0n) is 9.34. The summed E-state index contributed by atoms with van der Waals surface area (Å²) in [5, 5.41) is 0. The molecular weight excluding hydrogens is 184 g/mol. The minimum atomic E-state index is 0.843. The summed E-state index contributed by atoms with van der Waals surface area (Å²) in [5.41, 5.74) is 2.15. The number of allylic oxidation sites excluding steroid dienone is 1. The molecule has 0 bridgehead atoms. The van der Waals surface area contributed by atoms with Crippen molar-refractivity contribution in [2.75, 3.05) is 7.11 Å². The summed E-state index contributed by atoms with van der Waals surface area (Å²) in [6, 6.07) is 6.07. The van der Waals surface area contributed by atoms with Gasteiger partial charge >= 0.3 is 0 Å². The van der Waals surface area contributed by atoms with Crippen molar-refractivity contribution in [3.05, 3.63) is 42.0 Å². The van der Waals surface area contributed by atoms with Crippen LogP contribution in [0.4, 0.5) is 0 Å². The summed E-state index contributed by atoms with van der Waals surface area (Å²) >= 11 is 0. The van der Waals surface area contributed by atoms with E-state index >= 15 is 0 Å². The fourth-order valence-corrected chi connectivity index (χ4v) is 1.32. The van der Waals surface area contributed by atoms with Crippen LogP contribution in [0.5, 0.6) is 5.75 Å². The van der Waals surface area contributed by atoms with Crippen molar-refractivity contribution in [2.45, 2.75) is 19.8 Å². The monoisotopic (exact) mass is 200 g/mol. The van der Waals surface area contributed by atoms with Gasteiger partial charge in [-0.3, -0.25) is 0 Å². The highest BCUT2D eigenvalue weighted by atomic mass is 16.5. The van der Waals surface area contributed by atoms with Crippen molar-refractivity contribution >= 4 is 0 Å². The summed E-state index contributed by atoms with van der Waals surface area (Å²) in [7, 11) is 1.67. The Labute approximate surface area is 91.8 Å². The van der Waals surface area contributed by atoms with E-state index in [2.05, 4.69) is 24.5 Å². The zero-order valence-corrected chi connectivity index (χ0v) is 9.34. The summed E-state index contributed by atoms with van der Waals surface area (Å²) in [5.74, 6) is 6.97. The van der Waals surface area contributed by atoms with E-state index in [0.717, 1.165) is 24.2 Å². The molecule has 0 atom stereocenters. The van der Waals surface area contributed by atoms with Gasteiger partial charge in [-0.1, -0.05) is 30.9 Å². The molecule has 78 valence electrons. The van der Waals surface area contributed by atoms with E-state index in [1.54, 1.807) is 7.11 Å². The number of hydrogen-bond donors (Lipinski definition) is 0. The Kier molecular flexibility index (Phi) is 4.50. The lowest BCUT2D eigenvalue weighted by Gasteiger charge is -2.05. The van der Waals surface area contributed by atoms with Crippen molar-refractivity contribution in [1.82, 2.24) is 0 Å². The fraction of sp³-hybridized carbons (Fsp3) is 0.286. The average Bonchev–Trinajstić information content (AvgIpc) is 2.27. The lowest BCUT2D eigenvalue weighted by atomic mass is 10.1. The zero-order chi connectivity index (χ0) is 11.1. The highest BCUT2D eigenvalue weighted by molar-refractivity contribution is 5.48. The molecule has 1 heteroatoms. The van der Waals surface area contributed by atoms with Crippen molar-refractivity contribution < 1.29 is 4.74 Å². The van der Waals surface area contributed by atoms with Crippen molar-refractivity contribution in [1.29, 1.82) is 0 Å². The van der Waals surface area contributed by atoms with E-state index in [9.17, 15) is 0 Å². The number of rotatable bonds is 3. The van der Waals surface area contributed by atoms with Crippen LogP contribution in [0.2, 0.25) is 0 Å². The highest BCUT2D eigenvalue weighted by Gasteiger charge is 2.00. The van der Waals surface area contributed by atoms with Crippen LogP contribution >= 0.6 is 0 Å². The Balaban J connectivity index is 3.03. The average molecular weight is 200 g/mol. The van der Waals surface area contributed by atoms with E-state index in [1.807, 2.05) is 25.1 Å². The predicted molar refractivity (Wildman–Crippen MR) is 64.1 cm³/mol. The lowest BCUT2D eigenvalue weighted by molar-refractivity contribution is 0.413. The van der Waals surface area contributed by atoms with Crippen LogP contribution in [0.1, 0.15) is 24.5 Å².